The van der Waals surface area contributed by atoms with Crippen LogP contribution in [0.15, 0.2) is 41.9 Å². The normalized spacial score (nSPS) is 12.7. The first-order valence-electron chi connectivity index (χ1n) is 6.58. The van der Waals surface area contributed by atoms with Crippen molar-refractivity contribution in [3.05, 3.63) is 36.8 Å². The van der Waals surface area contributed by atoms with E-state index in [0.717, 1.165) is 21.8 Å². The zero-order valence-electron chi connectivity index (χ0n) is 11.6. The van der Waals surface area contributed by atoms with Crippen LogP contribution in [-0.4, -0.2) is 43.3 Å². The number of hydrogen-bond acceptors (Lipinski definition) is 5. The Hall–Kier alpha value is -1.99. The second-order valence-electron chi connectivity index (χ2n) is 4.70. The van der Waals surface area contributed by atoms with Gasteiger partial charge in [-0.1, -0.05) is 17.8 Å². The van der Waals surface area contributed by atoms with E-state index in [2.05, 4.69) is 15.2 Å². The van der Waals surface area contributed by atoms with Gasteiger partial charge in [0.25, 0.3) is 0 Å². The number of aliphatic hydroxyl groups excluding tert-OH is 1. The molecule has 2 heterocycles. The van der Waals surface area contributed by atoms with Crippen molar-refractivity contribution in [2.45, 2.75) is 11.3 Å². The first-order valence-corrected chi connectivity index (χ1v) is 7.56. The smallest absolute Gasteiger partial charge is 0.190 e. The predicted octanol–water partition coefficient (Wildman–Crippen LogP) is 1.83. The lowest BCUT2D eigenvalue weighted by Gasteiger charge is -2.12. The number of hydrogen-bond donors (Lipinski definition) is 2. The molecule has 1 unspecified atom stereocenters. The molecule has 7 heteroatoms. The average Bonchev–Trinajstić information content (AvgIpc) is 3.11. The molecule has 0 fully saturated rings. The van der Waals surface area contributed by atoms with Gasteiger partial charge in [-0.05, 0) is 18.2 Å². The molecule has 0 aliphatic heterocycles. The summed E-state index contributed by atoms with van der Waals surface area (Å²) in [6.45, 7) is 0.245. The van der Waals surface area contributed by atoms with E-state index < -0.39 is 6.10 Å². The topological polar surface area (TPSA) is 76.0 Å². The molecule has 0 radical (unpaired) electrons. The maximum atomic E-state index is 10.0. The Bertz CT molecular complexity index is 724. The quantitative estimate of drug-likeness (QED) is 0.680. The van der Waals surface area contributed by atoms with Crippen LogP contribution in [0.2, 0.25) is 0 Å². The number of ether oxygens (including phenoxy) is 1. The van der Waals surface area contributed by atoms with Crippen molar-refractivity contribution in [2.75, 3.05) is 12.4 Å². The third-order valence-electron chi connectivity index (χ3n) is 3.06. The number of rotatable bonds is 6. The van der Waals surface area contributed by atoms with Crippen molar-refractivity contribution >= 4 is 22.7 Å². The molecular weight excluding hydrogens is 288 g/mol. The van der Waals surface area contributed by atoms with Gasteiger partial charge in [0.15, 0.2) is 5.16 Å². The summed E-state index contributed by atoms with van der Waals surface area (Å²) in [5.41, 5.74) is 1.02. The lowest BCUT2D eigenvalue weighted by atomic mass is 10.2. The Morgan fingerprint density at radius 2 is 2.33 bits per heavy atom. The molecule has 0 aliphatic carbocycles. The molecule has 1 atom stereocenters. The molecule has 21 heavy (non-hydrogen) atoms. The molecule has 6 nitrogen and oxygen atoms in total. The highest BCUT2D eigenvalue weighted by molar-refractivity contribution is 7.99. The molecule has 0 spiro atoms. The predicted molar refractivity (Wildman–Crippen MR) is 81.5 cm³/mol. The monoisotopic (exact) mass is 304 g/mol. The van der Waals surface area contributed by atoms with E-state index in [1.165, 1.54) is 11.8 Å². The second-order valence-corrected chi connectivity index (χ2v) is 5.68. The summed E-state index contributed by atoms with van der Waals surface area (Å²) >= 11 is 1.46. The maximum absolute atomic E-state index is 10.0. The molecule has 110 valence electrons. The van der Waals surface area contributed by atoms with E-state index in [4.69, 9.17) is 4.74 Å². The molecular formula is C14H16N4O2S. The van der Waals surface area contributed by atoms with Gasteiger partial charge in [0.1, 0.15) is 18.7 Å². The molecule has 0 bridgehead atoms. The highest BCUT2D eigenvalue weighted by Crippen LogP contribution is 2.24. The number of fused-ring (bicyclic) bond motifs is 1. The van der Waals surface area contributed by atoms with Gasteiger partial charge < -0.3 is 19.4 Å². The fourth-order valence-electron chi connectivity index (χ4n) is 1.99. The summed E-state index contributed by atoms with van der Waals surface area (Å²) < 4.78 is 7.53. The van der Waals surface area contributed by atoms with Crippen molar-refractivity contribution < 1.29 is 9.84 Å². The number of H-pyrrole nitrogens is 1. The largest absolute Gasteiger partial charge is 0.490 e. The molecule has 1 aromatic carbocycles. The van der Waals surface area contributed by atoms with Gasteiger partial charge in [-0.2, -0.15) is 0 Å². The van der Waals surface area contributed by atoms with Crippen LogP contribution in [0.5, 0.6) is 5.75 Å². The molecule has 2 aromatic heterocycles. The van der Waals surface area contributed by atoms with Crippen molar-refractivity contribution in [3.8, 4) is 5.75 Å². The van der Waals surface area contributed by atoms with E-state index in [1.54, 1.807) is 6.33 Å². The summed E-state index contributed by atoms with van der Waals surface area (Å²) in [4.78, 5) is 3.13. The number of aromatic amines is 1. The van der Waals surface area contributed by atoms with E-state index in [-0.39, 0.29) is 6.61 Å². The lowest BCUT2D eigenvalue weighted by Crippen LogP contribution is -2.20. The minimum absolute atomic E-state index is 0.245. The highest BCUT2D eigenvalue weighted by Gasteiger charge is 2.10. The van der Waals surface area contributed by atoms with Gasteiger partial charge >= 0.3 is 0 Å². The number of benzene rings is 1. The average molecular weight is 304 g/mol. The zero-order chi connectivity index (χ0) is 14.7. The molecule has 0 aliphatic rings. The second kappa shape index (κ2) is 6.19. The molecule has 3 rings (SSSR count). The van der Waals surface area contributed by atoms with E-state index >= 15 is 0 Å². The SMILES string of the molecule is Cn1cnnc1SCC(O)COc1cccc2[nH]ccc12. The van der Waals surface area contributed by atoms with Crippen LogP contribution >= 0.6 is 11.8 Å². The number of aromatic nitrogens is 4. The number of aryl methyl sites for hydroxylation is 1. The van der Waals surface area contributed by atoms with Crippen LogP contribution in [0, 0.1) is 0 Å². The van der Waals surface area contributed by atoms with E-state index in [9.17, 15) is 5.11 Å². The van der Waals surface area contributed by atoms with Gasteiger partial charge in [0, 0.05) is 29.9 Å². The number of aliphatic hydroxyl groups is 1. The van der Waals surface area contributed by atoms with E-state index in [0.29, 0.717) is 5.75 Å². The van der Waals surface area contributed by atoms with Crippen LogP contribution in [0.3, 0.4) is 0 Å². The molecule has 0 saturated heterocycles. The minimum atomic E-state index is -0.569. The molecule has 3 aromatic rings. The minimum Gasteiger partial charge on any atom is -0.490 e. The Balaban J connectivity index is 1.55. The van der Waals surface area contributed by atoms with Crippen LogP contribution in [0.1, 0.15) is 0 Å². The van der Waals surface area contributed by atoms with Crippen molar-refractivity contribution in [3.63, 3.8) is 0 Å². The van der Waals surface area contributed by atoms with Crippen molar-refractivity contribution in [1.29, 1.82) is 0 Å². The molecule has 2 N–H and O–H groups in total. The van der Waals surface area contributed by atoms with Crippen LogP contribution in [0.25, 0.3) is 10.9 Å². The Kier molecular flexibility index (Phi) is 4.12. The third-order valence-corrected chi connectivity index (χ3v) is 4.24. The van der Waals surface area contributed by atoms with Gasteiger partial charge in [0.05, 0.1) is 6.10 Å². The summed E-state index contributed by atoms with van der Waals surface area (Å²) in [6, 6.07) is 7.78. The summed E-state index contributed by atoms with van der Waals surface area (Å²) in [5.74, 6) is 1.28. The summed E-state index contributed by atoms with van der Waals surface area (Å²) in [6.07, 6.45) is 2.94. The first kappa shape index (κ1) is 14.0. The Morgan fingerprint density at radius 1 is 1.43 bits per heavy atom. The van der Waals surface area contributed by atoms with Crippen molar-refractivity contribution in [1.82, 2.24) is 19.7 Å². The van der Waals surface area contributed by atoms with Crippen LogP contribution in [0.4, 0.5) is 0 Å². The van der Waals surface area contributed by atoms with Gasteiger partial charge in [-0.25, -0.2) is 0 Å². The van der Waals surface area contributed by atoms with E-state index in [1.807, 2.05) is 42.1 Å². The number of thioether (sulfide) groups is 1. The standard InChI is InChI=1S/C14H16N4O2S/c1-18-9-16-17-14(18)21-8-10(19)7-20-13-4-2-3-12-11(13)5-6-15-12/h2-6,9-10,15,19H,7-8H2,1H3. The first-order chi connectivity index (χ1) is 10.2. The molecule has 0 saturated carbocycles. The Morgan fingerprint density at radius 3 is 3.14 bits per heavy atom. The van der Waals surface area contributed by atoms with Crippen LogP contribution in [-0.2, 0) is 7.05 Å². The van der Waals surface area contributed by atoms with Crippen LogP contribution < -0.4 is 4.74 Å². The van der Waals surface area contributed by atoms with Gasteiger partial charge in [-0.15, -0.1) is 10.2 Å². The lowest BCUT2D eigenvalue weighted by molar-refractivity contribution is 0.127. The summed E-state index contributed by atoms with van der Waals surface area (Å²) in [5, 5.41) is 19.6. The third kappa shape index (κ3) is 3.20. The fraction of sp³-hybridized carbons (Fsp3) is 0.286. The van der Waals surface area contributed by atoms with Crippen molar-refractivity contribution in [2.24, 2.45) is 7.05 Å². The number of nitrogens with one attached hydrogen (secondary N) is 1. The molecule has 0 amide bonds. The summed E-state index contributed by atoms with van der Waals surface area (Å²) in [7, 11) is 1.87. The maximum Gasteiger partial charge on any atom is 0.190 e. The van der Waals surface area contributed by atoms with Gasteiger partial charge in [0.2, 0.25) is 0 Å². The Labute approximate surface area is 126 Å². The highest BCUT2D eigenvalue weighted by atomic mass is 32.2. The number of nitrogens with zero attached hydrogens (tertiary/aromatic N) is 3. The fourth-order valence-corrected chi connectivity index (χ4v) is 2.78. The zero-order valence-corrected chi connectivity index (χ0v) is 12.4. The van der Waals surface area contributed by atoms with Gasteiger partial charge in [-0.3, -0.25) is 0 Å².